The van der Waals surface area contributed by atoms with Gasteiger partial charge in [-0.05, 0) is 32.0 Å². The zero-order valence-electron chi connectivity index (χ0n) is 11.1. The molecule has 1 saturated heterocycles. The number of hydrogen-bond donors (Lipinski definition) is 1. The van der Waals surface area contributed by atoms with E-state index in [1.165, 1.54) is 16.7 Å². The standard InChI is InChI=1S/C15H22N2/c1-12-4-6-14(7-5-12)11-17(3)10-13(2)15-8-16-9-15/h4-7,16H,8-11H2,1-3H3. The maximum atomic E-state index is 3.29. The van der Waals surface area contributed by atoms with Crippen LogP contribution < -0.4 is 5.32 Å². The van der Waals surface area contributed by atoms with Crippen molar-refractivity contribution in [2.24, 2.45) is 0 Å². The van der Waals surface area contributed by atoms with Gasteiger partial charge in [-0.1, -0.05) is 35.4 Å². The Kier molecular flexibility index (Phi) is 3.97. The lowest BCUT2D eigenvalue weighted by molar-refractivity contribution is 0.352. The summed E-state index contributed by atoms with van der Waals surface area (Å²) in [4.78, 5) is 2.38. The molecular formula is C15H22N2. The molecule has 0 radical (unpaired) electrons. The largest absolute Gasteiger partial charge is 0.309 e. The van der Waals surface area contributed by atoms with Crippen LogP contribution in [0.2, 0.25) is 0 Å². The van der Waals surface area contributed by atoms with Gasteiger partial charge in [0.05, 0.1) is 0 Å². The smallest absolute Gasteiger partial charge is 0.0234 e. The molecule has 0 bridgehead atoms. The molecule has 1 aromatic rings. The third kappa shape index (κ3) is 3.42. The van der Waals surface area contributed by atoms with Gasteiger partial charge in [0.15, 0.2) is 0 Å². The minimum absolute atomic E-state index is 1.03. The van der Waals surface area contributed by atoms with Crippen LogP contribution in [0.3, 0.4) is 0 Å². The Morgan fingerprint density at radius 2 is 1.88 bits per heavy atom. The first-order valence-electron chi connectivity index (χ1n) is 6.27. The molecule has 1 aliphatic rings. The van der Waals surface area contributed by atoms with Crippen molar-refractivity contribution in [2.75, 3.05) is 26.7 Å². The summed E-state index contributed by atoms with van der Waals surface area (Å²) >= 11 is 0. The van der Waals surface area contributed by atoms with Crippen molar-refractivity contribution in [2.45, 2.75) is 20.4 Å². The normalized spacial score (nSPS) is 14.9. The Morgan fingerprint density at radius 1 is 1.24 bits per heavy atom. The first kappa shape index (κ1) is 12.3. The third-order valence-electron chi connectivity index (χ3n) is 3.36. The zero-order valence-corrected chi connectivity index (χ0v) is 11.1. The maximum absolute atomic E-state index is 3.29. The highest BCUT2D eigenvalue weighted by Gasteiger charge is 2.11. The molecule has 0 atom stereocenters. The number of aryl methyl sites for hydroxylation is 1. The van der Waals surface area contributed by atoms with E-state index in [-0.39, 0.29) is 0 Å². The fraction of sp³-hybridized carbons (Fsp3) is 0.467. The predicted molar refractivity (Wildman–Crippen MR) is 73.1 cm³/mol. The molecule has 0 aliphatic carbocycles. The number of hydrogen-bond acceptors (Lipinski definition) is 2. The minimum Gasteiger partial charge on any atom is -0.309 e. The first-order valence-corrected chi connectivity index (χ1v) is 6.27. The van der Waals surface area contributed by atoms with E-state index in [1.54, 1.807) is 5.57 Å². The van der Waals surface area contributed by atoms with Crippen molar-refractivity contribution >= 4 is 0 Å². The summed E-state index contributed by atoms with van der Waals surface area (Å²) in [5.41, 5.74) is 5.83. The lowest BCUT2D eigenvalue weighted by Gasteiger charge is -2.25. The maximum Gasteiger partial charge on any atom is 0.0234 e. The van der Waals surface area contributed by atoms with E-state index >= 15 is 0 Å². The van der Waals surface area contributed by atoms with Crippen molar-refractivity contribution in [3.8, 4) is 0 Å². The molecule has 1 aliphatic heterocycles. The summed E-state index contributed by atoms with van der Waals surface area (Å²) in [5, 5.41) is 3.29. The second kappa shape index (κ2) is 5.48. The van der Waals surface area contributed by atoms with Crippen LogP contribution in [0.15, 0.2) is 35.4 Å². The Morgan fingerprint density at radius 3 is 2.41 bits per heavy atom. The lowest BCUT2D eigenvalue weighted by atomic mass is 10.0. The molecule has 0 amide bonds. The summed E-state index contributed by atoms with van der Waals surface area (Å²) in [6.07, 6.45) is 0. The zero-order chi connectivity index (χ0) is 12.3. The molecule has 1 heterocycles. The summed E-state index contributed by atoms with van der Waals surface area (Å²) < 4.78 is 0. The predicted octanol–water partition coefficient (Wildman–Crippen LogP) is 2.35. The Bertz CT molecular complexity index is 397. The van der Waals surface area contributed by atoms with E-state index in [2.05, 4.69) is 55.4 Å². The van der Waals surface area contributed by atoms with Gasteiger partial charge in [0.25, 0.3) is 0 Å². The molecule has 0 aromatic heterocycles. The van der Waals surface area contributed by atoms with Crippen LogP contribution in [0, 0.1) is 6.92 Å². The molecule has 0 unspecified atom stereocenters. The summed E-state index contributed by atoms with van der Waals surface area (Å²) in [7, 11) is 2.19. The van der Waals surface area contributed by atoms with Crippen LogP contribution in [0.25, 0.3) is 0 Å². The van der Waals surface area contributed by atoms with E-state index in [4.69, 9.17) is 0 Å². The second-order valence-electron chi connectivity index (χ2n) is 5.15. The van der Waals surface area contributed by atoms with Crippen LogP contribution in [-0.2, 0) is 6.54 Å². The van der Waals surface area contributed by atoms with Gasteiger partial charge >= 0.3 is 0 Å². The molecule has 0 spiro atoms. The van der Waals surface area contributed by atoms with Gasteiger partial charge in [-0.25, -0.2) is 0 Å². The van der Waals surface area contributed by atoms with Crippen molar-refractivity contribution in [1.29, 1.82) is 0 Å². The molecule has 2 nitrogen and oxygen atoms in total. The number of benzene rings is 1. The van der Waals surface area contributed by atoms with E-state index < -0.39 is 0 Å². The van der Waals surface area contributed by atoms with Gasteiger partial charge in [0.2, 0.25) is 0 Å². The minimum atomic E-state index is 1.03. The first-order chi connectivity index (χ1) is 8.15. The van der Waals surface area contributed by atoms with Crippen molar-refractivity contribution < 1.29 is 0 Å². The van der Waals surface area contributed by atoms with Gasteiger partial charge < -0.3 is 5.32 Å². The van der Waals surface area contributed by atoms with Crippen molar-refractivity contribution in [1.82, 2.24) is 10.2 Å². The Labute approximate surface area is 104 Å². The number of nitrogens with zero attached hydrogens (tertiary/aromatic N) is 1. The molecule has 1 fully saturated rings. The van der Waals surface area contributed by atoms with Crippen LogP contribution in [0.1, 0.15) is 18.1 Å². The molecule has 1 N–H and O–H groups in total. The molecule has 92 valence electrons. The topological polar surface area (TPSA) is 15.3 Å². The quantitative estimate of drug-likeness (QED) is 0.799. The fourth-order valence-corrected chi connectivity index (χ4v) is 2.13. The highest BCUT2D eigenvalue weighted by atomic mass is 15.1. The molecule has 2 heteroatoms. The summed E-state index contributed by atoms with van der Waals surface area (Å²) in [6.45, 7) is 8.66. The van der Waals surface area contributed by atoms with Crippen LogP contribution in [0.5, 0.6) is 0 Å². The van der Waals surface area contributed by atoms with E-state index in [0.717, 1.165) is 26.2 Å². The van der Waals surface area contributed by atoms with Crippen molar-refractivity contribution in [3.05, 3.63) is 46.5 Å². The fourth-order valence-electron chi connectivity index (χ4n) is 2.13. The van der Waals surface area contributed by atoms with E-state index in [9.17, 15) is 0 Å². The average molecular weight is 230 g/mol. The molecule has 0 saturated carbocycles. The number of rotatable bonds is 4. The highest BCUT2D eigenvalue weighted by molar-refractivity contribution is 5.23. The van der Waals surface area contributed by atoms with Gasteiger partial charge in [-0.3, -0.25) is 4.90 Å². The Hall–Kier alpha value is -1.12. The summed E-state index contributed by atoms with van der Waals surface area (Å²) in [6, 6.07) is 8.81. The second-order valence-corrected chi connectivity index (χ2v) is 5.15. The van der Waals surface area contributed by atoms with Gasteiger partial charge in [0, 0.05) is 26.2 Å². The third-order valence-corrected chi connectivity index (χ3v) is 3.36. The van der Waals surface area contributed by atoms with Crippen LogP contribution >= 0.6 is 0 Å². The van der Waals surface area contributed by atoms with Crippen LogP contribution in [-0.4, -0.2) is 31.6 Å². The van der Waals surface area contributed by atoms with Gasteiger partial charge in [-0.15, -0.1) is 0 Å². The van der Waals surface area contributed by atoms with E-state index in [0.29, 0.717) is 0 Å². The van der Waals surface area contributed by atoms with Crippen LogP contribution in [0.4, 0.5) is 0 Å². The average Bonchev–Trinajstić information content (AvgIpc) is 2.18. The SMILES string of the molecule is CC(CN(C)Cc1ccc(C)cc1)=C1CNC1. The lowest BCUT2D eigenvalue weighted by Crippen LogP contribution is -2.36. The highest BCUT2D eigenvalue weighted by Crippen LogP contribution is 2.12. The summed E-state index contributed by atoms with van der Waals surface area (Å²) in [5.74, 6) is 0. The monoisotopic (exact) mass is 230 g/mol. The molecular weight excluding hydrogens is 208 g/mol. The molecule has 17 heavy (non-hydrogen) atoms. The van der Waals surface area contributed by atoms with Crippen molar-refractivity contribution in [3.63, 3.8) is 0 Å². The number of likely N-dealkylation sites (N-methyl/N-ethyl adjacent to an activating group) is 1. The molecule has 1 aromatic carbocycles. The molecule has 2 rings (SSSR count). The van der Waals surface area contributed by atoms with Gasteiger partial charge in [-0.2, -0.15) is 0 Å². The van der Waals surface area contributed by atoms with Gasteiger partial charge in [0.1, 0.15) is 0 Å². The Balaban J connectivity index is 1.88. The number of nitrogens with one attached hydrogen (secondary N) is 1. The van der Waals surface area contributed by atoms with E-state index in [1.807, 2.05) is 0 Å².